The van der Waals surface area contributed by atoms with Crippen molar-refractivity contribution in [1.82, 2.24) is 15.3 Å². The topological polar surface area (TPSA) is 41.1 Å². The van der Waals surface area contributed by atoms with Crippen LogP contribution in [0.4, 0.5) is 5.82 Å². The van der Waals surface area contributed by atoms with Crippen LogP contribution in [-0.4, -0.2) is 36.1 Å². The molecule has 3 rings (SSSR count). The van der Waals surface area contributed by atoms with Crippen molar-refractivity contribution >= 4 is 27.4 Å². The van der Waals surface area contributed by atoms with Crippen LogP contribution in [0.15, 0.2) is 6.07 Å². The Hall–Kier alpha value is -1.20. The van der Waals surface area contributed by atoms with E-state index in [1.165, 1.54) is 10.3 Å². The summed E-state index contributed by atoms with van der Waals surface area (Å²) in [5, 5.41) is 4.63. The highest BCUT2D eigenvalue weighted by atomic mass is 32.1. The Morgan fingerprint density at radius 1 is 1.21 bits per heavy atom. The van der Waals surface area contributed by atoms with Gasteiger partial charge in [-0.1, -0.05) is 13.8 Å². The monoisotopic (exact) mass is 276 g/mol. The lowest BCUT2D eigenvalue weighted by Gasteiger charge is -2.29. The molecule has 1 aliphatic heterocycles. The van der Waals surface area contributed by atoms with E-state index in [4.69, 9.17) is 4.98 Å². The van der Waals surface area contributed by atoms with E-state index >= 15 is 0 Å². The van der Waals surface area contributed by atoms with Crippen LogP contribution in [0.3, 0.4) is 0 Å². The highest BCUT2D eigenvalue weighted by Crippen LogP contribution is 2.31. The largest absolute Gasteiger partial charge is 0.353 e. The van der Waals surface area contributed by atoms with Crippen molar-refractivity contribution < 1.29 is 0 Å². The van der Waals surface area contributed by atoms with Gasteiger partial charge in [0, 0.05) is 37.5 Å². The number of aromatic nitrogens is 2. The zero-order valence-corrected chi connectivity index (χ0v) is 12.4. The fourth-order valence-corrected chi connectivity index (χ4v) is 3.43. The number of thiophene rings is 1. The van der Waals surface area contributed by atoms with Crippen molar-refractivity contribution in [2.45, 2.75) is 26.7 Å². The molecule has 0 unspecified atom stereocenters. The molecular formula is C14H20N4S. The highest BCUT2D eigenvalue weighted by Gasteiger charge is 2.18. The van der Waals surface area contributed by atoms with Gasteiger partial charge in [0.25, 0.3) is 0 Å². The maximum absolute atomic E-state index is 4.78. The number of anilines is 1. The third-order valence-corrected chi connectivity index (χ3v) is 4.72. The molecule has 4 nitrogen and oxygen atoms in total. The van der Waals surface area contributed by atoms with Crippen LogP contribution in [0.2, 0.25) is 0 Å². The number of hydrogen-bond donors (Lipinski definition) is 1. The minimum atomic E-state index is 0.897. The number of fused-ring (bicyclic) bond motifs is 1. The standard InChI is InChI=1S/C14H20N4S/c1-3-10-9-11-13(18-7-5-15-6-8-18)16-12(4-2)17-14(11)19-10/h9,15H,3-8H2,1-2H3. The summed E-state index contributed by atoms with van der Waals surface area (Å²) in [6.07, 6.45) is 1.97. The zero-order valence-electron chi connectivity index (χ0n) is 11.6. The summed E-state index contributed by atoms with van der Waals surface area (Å²) in [5.41, 5.74) is 0. The van der Waals surface area contributed by atoms with Crippen LogP contribution in [0.1, 0.15) is 24.5 Å². The Morgan fingerprint density at radius 3 is 2.68 bits per heavy atom. The Morgan fingerprint density at radius 2 is 2.00 bits per heavy atom. The molecule has 2 aromatic heterocycles. The second kappa shape index (κ2) is 5.43. The number of nitrogens with one attached hydrogen (secondary N) is 1. The summed E-state index contributed by atoms with van der Waals surface area (Å²) in [5.74, 6) is 2.10. The average Bonchev–Trinajstić information content (AvgIpc) is 2.90. The number of piperazine rings is 1. The number of hydrogen-bond acceptors (Lipinski definition) is 5. The summed E-state index contributed by atoms with van der Waals surface area (Å²) in [4.78, 5) is 14.4. The van der Waals surface area contributed by atoms with Crippen LogP contribution >= 0.6 is 11.3 Å². The van der Waals surface area contributed by atoms with Crippen molar-refractivity contribution in [3.8, 4) is 0 Å². The van der Waals surface area contributed by atoms with Gasteiger partial charge in [-0.05, 0) is 12.5 Å². The highest BCUT2D eigenvalue weighted by molar-refractivity contribution is 7.18. The fraction of sp³-hybridized carbons (Fsp3) is 0.571. The molecule has 0 amide bonds. The van der Waals surface area contributed by atoms with Gasteiger partial charge in [-0.25, -0.2) is 9.97 Å². The number of nitrogens with zero attached hydrogens (tertiary/aromatic N) is 3. The van der Waals surface area contributed by atoms with E-state index in [1.54, 1.807) is 0 Å². The molecule has 0 saturated carbocycles. The predicted octanol–water partition coefficient (Wildman–Crippen LogP) is 2.23. The van der Waals surface area contributed by atoms with E-state index in [1.807, 2.05) is 11.3 Å². The first-order valence-corrected chi connectivity index (χ1v) is 7.88. The molecule has 2 aromatic rings. The van der Waals surface area contributed by atoms with Crippen LogP contribution in [0.5, 0.6) is 0 Å². The van der Waals surface area contributed by atoms with E-state index in [-0.39, 0.29) is 0 Å². The Balaban J connectivity index is 2.11. The van der Waals surface area contributed by atoms with E-state index in [2.05, 4.69) is 35.1 Å². The van der Waals surface area contributed by atoms with E-state index in [0.29, 0.717) is 0 Å². The molecule has 0 aromatic carbocycles. The van der Waals surface area contributed by atoms with Crippen molar-refractivity contribution in [2.24, 2.45) is 0 Å². The smallest absolute Gasteiger partial charge is 0.141 e. The van der Waals surface area contributed by atoms with Gasteiger partial charge in [-0.2, -0.15) is 0 Å². The van der Waals surface area contributed by atoms with Crippen molar-refractivity contribution in [3.63, 3.8) is 0 Å². The molecule has 0 radical (unpaired) electrons. The maximum atomic E-state index is 4.78. The summed E-state index contributed by atoms with van der Waals surface area (Å²) in [7, 11) is 0. The maximum Gasteiger partial charge on any atom is 0.141 e. The molecule has 0 aliphatic carbocycles. The molecular weight excluding hydrogens is 256 g/mol. The predicted molar refractivity (Wildman–Crippen MR) is 81.3 cm³/mol. The van der Waals surface area contributed by atoms with Crippen LogP contribution in [0.25, 0.3) is 10.2 Å². The van der Waals surface area contributed by atoms with E-state index in [9.17, 15) is 0 Å². The minimum absolute atomic E-state index is 0.897. The van der Waals surface area contributed by atoms with Crippen LogP contribution in [0, 0.1) is 0 Å². The molecule has 1 N–H and O–H groups in total. The Labute approximate surface area is 117 Å². The van der Waals surface area contributed by atoms with Gasteiger partial charge >= 0.3 is 0 Å². The third kappa shape index (κ3) is 2.44. The first kappa shape index (κ1) is 12.8. The van der Waals surface area contributed by atoms with E-state index in [0.717, 1.165) is 55.5 Å². The summed E-state index contributed by atoms with van der Waals surface area (Å²) >= 11 is 1.81. The molecule has 0 spiro atoms. The van der Waals surface area contributed by atoms with Gasteiger partial charge < -0.3 is 10.2 Å². The van der Waals surface area contributed by atoms with Gasteiger partial charge in [-0.15, -0.1) is 11.3 Å². The lowest BCUT2D eigenvalue weighted by molar-refractivity contribution is 0.585. The lowest BCUT2D eigenvalue weighted by atomic mass is 10.2. The van der Waals surface area contributed by atoms with Crippen LogP contribution in [-0.2, 0) is 12.8 Å². The average molecular weight is 276 g/mol. The Kier molecular flexibility index (Phi) is 3.66. The normalized spacial score (nSPS) is 16.2. The van der Waals surface area contributed by atoms with Gasteiger partial charge in [0.2, 0.25) is 0 Å². The second-order valence-corrected chi connectivity index (χ2v) is 5.95. The van der Waals surface area contributed by atoms with Gasteiger partial charge in [0.05, 0.1) is 5.39 Å². The minimum Gasteiger partial charge on any atom is -0.353 e. The first-order chi connectivity index (χ1) is 9.31. The molecule has 0 bridgehead atoms. The molecule has 1 fully saturated rings. The quantitative estimate of drug-likeness (QED) is 0.933. The summed E-state index contributed by atoms with van der Waals surface area (Å²) in [6, 6.07) is 2.27. The molecule has 1 aliphatic rings. The fourth-order valence-electron chi connectivity index (χ4n) is 2.45. The van der Waals surface area contributed by atoms with Crippen molar-refractivity contribution in [1.29, 1.82) is 0 Å². The molecule has 1 saturated heterocycles. The summed E-state index contributed by atoms with van der Waals surface area (Å²) in [6.45, 7) is 8.47. The van der Waals surface area contributed by atoms with E-state index < -0.39 is 0 Å². The molecule has 19 heavy (non-hydrogen) atoms. The van der Waals surface area contributed by atoms with Gasteiger partial charge in [-0.3, -0.25) is 0 Å². The summed E-state index contributed by atoms with van der Waals surface area (Å²) < 4.78 is 0. The van der Waals surface area contributed by atoms with Crippen molar-refractivity contribution in [3.05, 3.63) is 16.8 Å². The number of aryl methyl sites for hydroxylation is 2. The molecule has 0 atom stereocenters. The molecule has 5 heteroatoms. The number of rotatable bonds is 3. The third-order valence-electron chi connectivity index (χ3n) is 3.55. The van der Waals surface area contributed by atoms with Gasteiger partial charge in [0.15, 0.2) is 0 Å². The first-order valence-electron chi connectivity index (χ1n) is 7.06. The SMILES string of the molecule is CCc1nc(N2CCNCC2)c2cc(CC)sc2n1. The second-order valence-electron chi connectivity index (χ2n) is 4.84. The van der Waals surface area contributed by atoms with Crippen LogP contribution < -0.4 is 10.2 Å². The zero-order chi connectivity index (χ0) is 13.2. The van der Waals surface area contributed by atoms with Crippen molar-refractivity contribution in [2.75, 3.05) is 31.1 Å². The molecule has 3 heterocycles. The lowest BCUT2D eigenvalue weighted by Crippen LogP contribution is -2.44. The molecule has 102 valence electrons. The van der Waals surface area contributed by atoms with Gasteiger partial charge in [0.1, 0.15) is 16.5 Å². The Bertz CT molecular complexity index is 572.